The molecule has 1 aromatic heterocycles. The van der Waals surface area contributed by atoms with Gasteiger partial charge in [-0.2, -0.15) is 5.10 Å². The van der Waals surface area contributed by atoms with Crippen LogP contribution in [0.4, 0.5) is 4.39 Å². The van der Waals surface area contributed by atoms with Gasteiger partial charge in [-0.3, -0.25) is 14.8 Å². The molecule has 4 rings (SSSR count). The number of ketones is 1. The first-order chi connectivity index (χ1) is 14.2. The molecule has 0 aliphatic carbocycles. The fourth-order valence-corrected chi connectivity index (χ4v) is 3.29. The normalized spacial score (nSPS) is 14.2. The van der Waals surface area contributed by atoms with E-state index in [1.54, 1.807) is 30.3 Å². The van der Waals surface area contributed by atoms with E-state index in [9.17, 15) is 9.18 Å². The zero-order valence-corrected chi connectivity index (χ0v) is 17.2. The van der Waals surface area contributed by atoms with Crippen LogP contribution in [0.15, 0.2) is 54.7 Å². The van der Waals surface area contributed by atoms with E-state index in [1.807, 2.05) is 6.07 Å². The number of hydrogen-bond acceptors (Lipinski definition) is 5. The summed E-state index contributed by atoms with van der Waals surface area (Å²) < 4.78 is 24.4. The second-order valence-corrected chi connectivity index (χ2v) is 6.83. The number of hydrogen-bond donors (Lipinski definition) is 1. The molecule has 0 unspecified atom stereocenters. The highest BCUT2D eigenvalue weighted by Crippen LogP contribution is 2.25. The number of benzene rings is 2. The molecule has 0 atom stereocenters. The summed E-state index contributed by atoms with van der Waals surface area (Å²) in [6.07, 6.45) is 1.49. The van der Waals surface area contributed by atoms with Crippen molar-refractivity contribution >= 4 is 18.2 Å². The van der Waals surface area contributed by atoms with Crippen molar-refractivity contribution in [3.63, 3.8) is 0 Å². The highest BCUT2D eigenvalue weighted by atomic mass is 35.5. The molecule has 158 valence electrons. The fourth-order valence-electron chi connectivity index (χ4n) is 3.29. The Kier molecular flexibility index (Phi) is 7.57. The molecule has 1 aliphatic heterocycles. The molecule has 0 radical (unpaired) electrons. The van der Waals surface area contributed by atoms with E-state index in [0.717, 1.165) is 32.8 Å². The van der Waals surface area contributed by atoms with Crippen molar-refractivity contribution < 1.29 is 18.7 Å². The summed E-state index contributed by atoms with van der Waals surface area (Å²) in [5.41, 5.74) is 2.21. The molecule has 6 nitrogen and oxygen atoms in total. The van der Waals surface area contributed by atoms with Crippen LogP contribution in [0.2, 0.25) is 0 Å². The second-order valence-electron chi connectivity index (χ2n) is 6.83. The summed E-state index contributed by atoms with van der Waals surface area (Å²) in [6, 6.07) is 13.1. The summed E-state index contributed by atoms with van der Waals surface area (Å²) in [5.74, 6) is 0.149. The zero-order valence-electron chi connectivity index (χ0n) is 16.3. The van der Waals surface area contributed by atoms with E-state index in [4.69, 9.17) is 9.47 Å². The number of nitrogens with one attached hydrogen (secondary N) is 1. The van der Waals surface area contributed by atoms with Gasteiger partial charge in [0.1, 0.15) is 18.2 Å². The molecule has 3 aromatic rings. The van der Waals surface area contributed by atoms with Crippen LogP contribution in [0.25, 0.3) is 11.3 Å². The van der Waals surface area contributed by atoms with Crippen LogP contribution in [-0.2, 0) is 4.74 Å². The van der Waals surface area contributed by atoms with Gasteiger partial charge in [-0.15, -0.1) is 12.4 Å². The van der Waals surface area contributed by atoms with E-state index in [-0.39, 0.29) is 24.0 Å². The Morgan fingerprint density at radius 2 is 1.93 bits per heavy atom. The number of halogens is 2. The number of ether oxygens (including phenoxy) is 2. The van der Waals surface area contributed by atoms with Crippen molar-refractivity contribution in [1.29, 1.82) is 0 Å². The lowest BCUT2D eigenvalue weighted by atomic mass is 10.0. The largest absolute Gasteiger partial charge is 0.492 e. The lowest BCUT2D eigenvalue weighted by Gasteiger charge is -2.26. The van der Waals surface area contributed by atoms with E-state index in [1.165, 1.54) is 18.3 Å². The van der Waals surface area contributed by atoms with Crippen molar-refractivity contribution in [3.8, 4) is 17.0 Å². The molecule has 1 N–H and O–H groups in total. The standard InChI is InChI=1S/C22H22FN3O3.ClH/c23-18-6-4-16(5-7-18)21-20(15-24-25-21)22(27)17-2-1-3-19(14-17)29-13-10-26-8-11-28-12-9-26;/h1-7,14-15H,8-13H2,(H,24,25);1H. The third-order valence-electron chi connectivity index (χ3n) is 4.89. The Labute approximate surface area is 180 Å². The molecule has 2 heterocycles. The summed E-state index contributed by atoms with van der Waals surface area (Å²) in [5, 5.41) is 6.84. The summed E-state index contributed by atoms with van der Waals surface area (Å²) in [6.45, 7) is 4.70. The first-order valence-electron chi connectivity index (χ1n) is 9.58. The van der Waals surface area contributed by atoms with Gasteiger partial charge in [-0.1, -0.05) is 12.1 Å². The Morgan fingerprint density at radius 1 is 1.17 bits per heavy atom. The molecule has 0 saturated carbocycles. The predicted octanol–water partition coefficient (Wildman–Crippen LogP) is 3.58. The Bertz CT molecular complexity index is 972. The van der Waals surface area contributed by atoms with Gasteiger partial charge < -0.3 is 9.47 Å². The molecule has 30 heavy (non-hydrogen) atoms. The van der Waals surface area contributed by atoms with E-state index >= 15 is 0 Å². The summed E-state index contributed by atoms with van der Waals surface area (Å²) >= 11 is 0. The predicted molar refractivity (Wildman–Crippen MR) is 114 cm³/mol. The fraction of sp³-hybridized carbons (Fsp3) is 0.273. The second kappa shape index (κ2) is 10.3. The first-order valence-corrected chi connectivity index (χ1v) is 9.58. The molecule has 0 spiro atoms. The van der Waals surface area contributed by atoms with Gasteiger partial charge in [-0.05, 0) is 36.4 Å². The average Bonchev–Trinajstić information content (AvgIpc) is 3.25. The maximum atomic E-state index is 13.2. The minimum absolute atomic E-state index is 0. The molecule has 1 aliphatic rings. The minimum atomic E-state index is -0.330. The molecular weight excluding hydrogens is 409 g/mol. The minimum Gasteiger partial charge on any atom is -0.492 e. The van der Waals surface area contributed by atoms with Crippen LogP contribution in [0, 0.1) is 5.82 Å². The average molecular weight is 432 g/mol. The molecule has 8 heteroatoms. The van der Waals surface area contributed by atoms with Gasteiger partial charge in [0, 0.05) is 30.8 Å². The quantitative estimate of drug-likeness (QED) is 0.579. The third-order valence-corrected chi connectivity index (χ3v) is 4.89. The van der Waals surface area contributed by atoms with Crippen LogP contribution in [0.1, 0.15) is 15.9 Å². The number of rotatable bonds is 7. The number of aromatic nitrogens is 2. The molecular formula is C22H23ClFN3O3. The number of nitrogens with zero attached hydrogens (tertiary/aromatic N) is 2. The van der Waals surface area contributed by atoms with Crippen molar-refractivity contribution in [2.24, 2.45) is 0 Å². The topological polar surface area (TPSA) is 67.4 Å². The van der Waals surface area contributed by atoms with Gasteiger partial charge in [0.2, 0.25) is 0 Å². The zero-order chi connectivity index (χ0) is 20.1. The highest BCUT2D eigenvalue weighted by Gasteiger charge is 2.18. The highest BCUT2D eigenvalue weighted by molar-refractivity contribution is 6.12. The number of morpholine rings is 1. The number of H-pyrrole nitrogens is 1. The van der Waals surface area contributed by atoms with E-state index in [2.05, 4.69) is 15.1 Å². The summed E-state index contributed by atoms with van der Waals surface area (Å²) in [7, 11) is 0. The SMILES string of the molecule is Cl.O=C(c1cccc(OCCN2CCOCC2)c1)c1cn[nH]c1-c1ccc(F)cc1. The van der Waals surface area contributed by atoms with E-state index < -0.39 is 0 Å². The van der Waals surface area contributed by atoms with Crippen LogP contribution in [0.5, 0.6) is 5.75 Å². The number of carbonyl (C=O) groups excluding carboxylic acids is 1. The molecule has 0 amide bonds. The van der Waals surface area contributed by atoms with Gasteiger partial charge in [0.25, 0.3) is 0 Å². The van der Waals surface area contributed by atoms with E-state index in [0.29, 0.717) is 34.7 Å². The number of aromatic amines is 1. The van der Waals surface area contributed by atoms with Gasteiger partial charge >= 0.3 is 0 Å². The van der Waals surface area contributed by atoms with Gasteiger partial charge in [0.05, 0.1) is 30.7 Å². The molecule has 2 aromatic carbocycles. The molecule has 0 bridgehead atoms. The molecule has 1 saturated heterocycles. The summed E-state index contributed by atoms with van der Waals surface area (Å²) in [4.78, 5) is 15.3. The lowest BCUT2D eigenvalue weighted by molar-refractivity contribution is 0.0322. The Balaban J connectivity index is 0.00000256. The van der Waals surface area contributed by atoms with Crippen molar-refractivity contribution in [3.05, 3.63) is 71.7 Å². The monoisotopic (exact) mass is 431 g/mol. The Morgan fingerprint density at radius 3 is 2.70 bits per heavy atom. The first kappa shape index (κ1) is 22.0. The van der Waals surface area contributed by atoms with Crippen molar-refractivity contribution in [1.82, 2.24) is 15.1 Å². The van der Waals surface area contributed by atoms with Gasteiger partial charge in [-0.25, -0.2) is 4.39 Å². The maximum absolute atomic E-state index is 13.2. The maximum Gasteiger partial charge on any atom is 0.196 e. The van der Waals surface area contributed by atoms with Crippen molar-refractivity contribution in [2.45, 2.75) is 0 Å². The van der Waals surface area contributed by atoms with Crippen LogP contribution in [-0.4, -0.2) is 60.3 Å². The third kappa shape index (κ3) is 5.24. The van der Waals surface area contributed by atoms with Crippen LogP contribution >= 0.6 is 12.4 Å². The Hall–Kier alpha value is -2.74. The van der Waals surface area contributed by atoms with Crippen molar-refractivity contribution in [2.75, 3.05) is 39.5 Å². The number of carbonyl (C=O) groups is 1. The molecule has 1 fully saturated rings. The smallest absolute Gasteiger partial charge is 0.196 e. The van der Waals surface area contributed by atoms with Crippen LogP contribution in [0.3, 0.4) is 0 Å². The van der Waals surface area contributed by atoms with Crippen LogP contribution < -0.4 is 4.74 Å². The van der Waals surface area contributed by atoms with Gasteiger partial charge in [0.15, 0.2) is 5.78 Å². The lowest BCUT2D eigenvalue weighted by Crippen LogP contribution is -2.38.